The highest BCUT2D eigenvalue weighted by Gasteiger charge is 2.39. The molecule has 1 aliphatic rings. The molecule has 0 bridgehead atoms. The van der Waals surface area contributed by atoms with E-state index in [-0.39, 0.29) is 23.6 Å². The molecular weight excluding hydrogens is 384 g/mol. The molecule has 0 radical (unpaired) electrons. The van der Waals surface area contributed by atoms with Gasteiger partial charge in [-0.25, -0.2) is 4.79 Å². The van der Waals surface area contributed by atoms with Gasteiger partial charge in [-0.3, -0.25) is 4.79 Å². The van der Waals surface area contributed by atoms with Gasteiger partial charge in [0.15, 0.2) is 0 Å². The Hall–Kier alpha value is -3.74. The van der Waals surface area contributed by atoms with Crippen LogP contribution in [-0.2, 0) is 19.1 Å². The first kappa shape index (κ1) is 21.0. The predicted octanol–water partition coefficient (Wildman–Crippen LogP) is 3.46. The Labute approximate surface area is 175 Å². The molecule has 7 heteroatoms. The van der Waals surface area contributed by atoms with E-state index in [1.54, 1.807) is 57.4 Å². The Morgan fingerprint density at radius 1 is 1.10 bits per heavy atom. The average molecular weight is 408 g/mol. The first-order valence-electron chi connectivity index (χ1n) is 9.52. The fourth-order valence-electron chi connectivity index (χ4n) is 3.36. The molecule has 0 fully saturated rings. The zero-order valence-electron chi connectivity index (χ0n) is 17.1. The van der Waals surface area contributed by atoms with Gasteiger partial charge in [-0.05, 0) is 43.7 Å². The van der Waals surface area contributed by atoms with Gasteiger partial charge in [0.25, 0.3) is 5.91 Å². The summed E-state index contributed by atoms with van der Waals surface area (Å²) in [4.78, 5) is 26.0. The van der Waals surface area contributed by atoms with Crippen molar-refractivity contribution in [2.75, 3.05) is 19.0 Å². The maximum absolute atomic E-state index is 13.3. The summed E-state index contributed by atoms with van der Waals surface area (Å²) in [6.07, 6.45) is 0. The van der Waals surface area contributed by atoms with E-state index in [4.69, 9.17) is 19.9 Å². The Morgan fingerprint density at radius 3 is 2.50 bits per heavy atom. The lowest BCUT2D eigenvalue weighted by Crippen LogP contribution is -2.31. The zero-order chi connectivity index (χ0) is 21.7. The average Bonchev–Trinajstić information content (AvgIpc) is 2.74. The third-order valence-electron chi connectivity index (χ3n) is 4.68. The Balaban J connectivity index is 2.11. The van der Waals surface area contributed by atoms with E-state index in [2.05, 4.69) is 5.32 Å². The van der Waals surface area contributed by atoms with E-state index in [0.29, 0.717) is 22.8 Å². The number of anilines is 1. The summed E-state index contributed by atoms with van der Waals surface area (Å²) in [7, 11) is 1.55. The van der Waals surface area contributed by atoms with E-state index in [0.717, 1.165) is 0 Å². The molecule has 0 spiro atoms. The molecule has 1 heterocycles. The van der Waals surface area contributed by atoms with Crippen molar-refractivity contribution in [1.82, 2.24) is 0 Å². The lowest BCUT2D eigenvalue weighted by atomic mass is 9.82. The number of allylic oxidation sites excluding steroid dienone is 1. The number of amides is 1. The molecule has 3 N–H and O–H groups in total. The zero-order valence-corrected chi connectivity index (χ0v) is 17.1. The van der Waals surface area contributed by atoms with Crippen molar-refractivity contribution in [3.8, 4) is 5.75 Å². The number of hydrogen-bond acceptors (Lipinski definition) is 6. The van der Waals surface area contributed by atoms with E-state index < -0.39 is 17.8 Å². The number of benzene rings is 2. The molecule has 3 rings (SSSR count). The van der Waals surface area contributed by atoms with Crippen LogP contribution in [0.3, 0.4) is 0 Å². The molecule has 2 aromatic rings. The van der Waals surface area contributed by atoms with Crippen molar-refractivity contribution in [1.29, 1.82) is 0 Å². The fraction of sp³-hybridized carbons (Fsp3) is 0.217. The highest BCUT2D eigenvalue weighted by Crippen LogP contribution is 2.41. The van der Waals surface area contributed by atoms with Gasteiger partial charge in [0.1, 0.15) is 17.1 Å². The molecule has 7 nitrogen and oxygen atoms in total. The van der Waals surface area contributed by atoms with Crippen LogP contribution in [0.2, 0.25) is 0 Å². The summed E-state index contributed by atoms with van der Waals surface area (Å²) in [5.74, 6) is -1.02. The van der Waals surface area contributed by atoms with Gasteiger partial charge < -0.3 is 25.3 Å². The van der Waals surface area contributed by atoms with E-state index in [1.807, 2.05) is 18.2 Å². The van der Waals surface area contributed by atoms with Gasteiger partial charge in [0, 0.05) is 5.69 Å². The second-order valence-corrected chi connectivity index (χ2v) is 6.60. The van der Waals surface area contributed by atoms with Crippen molar-refractivity contribution in [3.05, 3.63) is 82.9 Å². The number of carbonyl (C=O) groups excluding carboxylic acids is 2. The summed E-state index contributed by atoms with van der Waals surface area (Å²) in [5, 5.41) is 2.85. The van der Waals surface area contributed by atoms with E-state index in [1.165, 1.54) is 0 Å². The number of nitrogens with two attached hydrogens (primary N) is 1. The number of para-hydroxylation sites is 1. The summed E-state index contributed by atoms with van der Waals surface area (Å²) < 4.78 is 16.1. The molecule has 1 amide bonds. The summed E-state index contributed by atoms with van der Waals surface area (Å²) in [6, 6.07) is 16.1. The van der Waals surface area contributed by atoms with Crippen molar-refractivity contribution >= 4 is 17.6 Å². The lowest BCUT2D eigenvalue weighted by Gasteiger charge is -2.29. The van der Waals surface area contributed by atoms with Crippen LogP contribution in [0.5, 0.6) is 5.75 Å². The standard InChI is InChI=1S/C23H24N2O5/c1-4-29-23(27)20-19(15-9-8-12-17(13-15)28-3)18(14(2)30-21(20)24)22(26)25-16-10-6-5-7-11-16/h5-13,19H,4,24H2,1-3H3,(H,25,26)/t19-/m1/s1. The fourth-order valence-corrected chi connectivity index (χ4v) is 3.36. The number of nitrogens with one attached hydrogen (secondary N) is 1. The molecule has 1 aliphatic heterocycles. The van der Waals surface area contributed by atoms with E-state index in [9.17, 15) is 9.59 Å². The first-order valence-corrected chi connectivity index (χ1v) is 9.52. The molecule has 2 aromatic carbocycles. The summed E-state index contributed by atoms with van der Waals surface area (Å²) >= 11 is 0. The van der Waals surface area contributed by atoms with Gasteiger partial charge in [-0.1, -0.05) is 30.3 Å². The molecule has 0 saturated carbocycles. The topological polar surface area (TPSA) is 99.9 Å². The molecule has 0 unspecified atom stereocenters. The molecule has 30 heavy (non-hydrogen) atoms. The number of methoxy groups -OCH3 is 1. The molecule has 0 aliphatic carbocycles. The minimum atomic E-state index is -0.781. The SMILES string of the molecule is CCOC(=O)C1=C(N)OC(C)=C(C(=O)Nc2ccccc2)[C@H]1c1cccc(OC)c1. The first-order chi connectivity index (χ1) is 14.5. The monoisotopic (exact) mass is 408 g/mol. The van der Waals surface area contributed by atoms with Crippen LogP contribution in [0.25, 0.3) is 0 Å². The van der Waals surface area contributed by atoms with Crippen LogP contribution in [-0.4, -0.2) is 25.6 Å². The minimum Gasteiger partial charge on any atom is -0.497 e. The number of rotatable bonds is 6. The van der Waals surface area contributed by atoms with Crippen molar-refractivity contribution in [2.24, 2.45) is 5.73 Å². The third-order valence-corrected chi connectivity index (χ3v) is 4.68. The second-order valence-electron chi connectivity index (χ2n) is 6.60. The Morgan fingerprint density at radius 2 is 1.83 bits per heavy atom. The number of carbonyl (C=O) groups is 2. The largest absolute Gasteiger partial charge is 0.497 e. The molecule has 0 saturated heterocycles. The van der Waals surface area contributed by atoms with Gasteiger partial charge >= 0.3 is 5.97 Å². The van der Waals surface area contributed by atoms with Crippen LogP contribution >= 0.6 is 0 Å². The molecule has 0 aromatic heterocycles. The van der Waals surface area contributed by atoms with Gasteiger partial charge in [-0.2, -0.15) is 0 Å². The minimum absolute atomic E-state index is 0.0777. The highest BCUT2D eigenvalue weighted by molar-refractivity contribution is 6.08. The van der Waals surface area contributed by atoms with Crippen LogP contribution in [0.4, 0.5) is 5.69 Å². The van der Waals surface area contributed by atoms with Crippen LogP contribution < -0.4 is 15.8 Å². The number of hydrogen-bond donors (Lipinski definition) is 2. The smallest absolute Gasteiger partial charge is 0.340 e. The molecule has 1 atom stereocenters. The highest BCUT2D eigenvalue weighted by atomic mass is 16.5. The normalized spacial score (nSPS) is 16.0. The number of esters is 1. The maximum Gasteiger partial charge on any atom is 0.340 e. The van der Waals surface area contributed by atoms with Gasteiger partial charge in [-0.15, -0.1) is 0 Å². The quantitative estimate of drug-likeness (QED) is 0.710. The second kappa shape index (κ2) is 9.17. The number of ether oxygens (including phenoxy) is 3. The van der Waals surface area contributed by atoms with Crippen molar-refractivity contribution in [3.63, 3.8) is 0 Å². The molecule has 156 valence electrons. The lowest BCUT2D eigenvalue weighted by molar-refractivity contribution is -0.139. The van der Waals surface area contributed by atoms with Gasteiger partial charge in [0.2, 0.25) is 5.88 Å². The Kier molecular flexibility index (Phi) is 6.41. The van der Waals surface area contributed by atoms with Crippen LogP contribution in [0.15, 0.2) is 77.4 Å². The summed E-state index contributed by atoms with van der Waals surface area (Å²) in [5.41, 5.74) is 7.69. The van der Waals surface area contributed by atoms with Crippen LogP contribution in [0, 0.1) is 0 Å². The summed E-state index contributed by atoms with van der Waals surface area (Å²) in [6.45, 7) is 3.50. The third kappa shape index (κ3) is 4.30. The van der Waals surface area contributed by atoms with Gasteiger partial charge in [0.05, 0.1) is 25.2 Å². The van der Waals surface area contributed by atoms with Crippen LogP contribution in [0.1, 0.15) is 25.3 Å². The predicted molar refractivity (Wildman–Crippen MR) is 112 cm³/mol. The van der Waals surface area contributed by atoms with Crippen molar-refractivity contribution < 1.29 is 23.8 Å². The molecular formula is C23H24N2O5. The maximum atomic E-state index is 13.3. The van der Waals surface area contributed by atoms with E-state index >= 15 is 0 Å². The Bertz CT molecular complexity index is 1010. The van der Waals surface area contributed by atoms with Crippen molar-refractivity contribution in [2.45, 2.75) is 19.8 Å².